The molecule has 0 fully saturated rings. The van der Waals surface area contributed by atoms with Crippen molar-refractivity contribution in [3.05, 3.63) is 224 Å². The van der Waals surface area contributed by atoms with E-state index in [0.717, 1.165) is 35.1 Å². The number of phenols is 2. The van der Waals surface area contributed by atoms with E-state index in [1.165, 1.54) is 55.6 Å². The number of hydrogen-bond acceptors (Lipinski definition) is 2. The van der Waals surface area contributed by atoms with Gasteiger partial charge in [0.15, 0.2) is 0 Å². The van der Waals surface area contributed by atoms with E-state index in [9.17, 15) is 10.2 Å². The molecular formula is C53H44O2. The first kappa shape index (κ1) is 33.4. The van der Waals surface area contributed by atoms with Gasteiger partial charge in [-0.15, -0.1) is 0 Å². The van der Waals surface area contributed by atoms with Crippen LogP contribution in [0.3, 0.4) is 0 Å². The summed E-state index contributed by atoms with van der Waals surface area (Å²) < 4.78 is 0. The van der Waals surface area contributed by atoms with Crippen molar-refractivity contribution in [3.63, 3.8) is 0 Å². The van der Waals surface area contributed by atoms with Crippen molar-refractivity contribution in [1.82, 2.24) is 0 Å². The largest absolute Gasteiger partial charge is 0.507 e. The first-order valence-corrected chi connectivity index (χ1v) is 19.7. The van der Waals surface area contributed by atoms with Gasteiger partial charge in [-0.2, -0.15) is 0 Å². The van der Waals surface area contributed by atoms with E-state index in [0.29, 0.717) is 11.5 Å². The zero-order valence-electron chi connectivity index (χ0n) is 31.3. The van der Waals surface area contributed by atoms with Crippen LogP contribution in [0.15, 0.2) is 146 Å². The van der Waals surface area contributed by atoms with Crippen LogP contribution in [0.1, 0.15) is 122 Å². The lowest BCUT2D eigenvalue weighted by Crippen LogP contribution is -2.20. The Hall–Kier alpha value is -6.12. The maximum absolute atomic E-state index is 12.2. The third kappa shape index (κ3) is 5.62. The third-order valence-electron chi connectivity index (χ3n) is 12.8. The van der Waals surface area contributed by atoms with Crippen LogP contribution in [0.25, 0.3) is 24.3 Å². The summed E-state index contributed by atoms with van der Waals surface area (Å²) in [5, 5.41) is 24.3. The van der Waals surface area contributed by atoms with Crippen molar-refractivity contribution in [1.29, 1.82) is 0 Å². The van der Waals surface area contributed by atoms with Gasteiger partial charge in [0.2, 0.25) is 0 Å². The molecule has 6 aromatic carbocycles. The molecule has 2 heteroatoms. The number of phenolic OH excluding ortho intramolecular Hbond substituents is 2. The molecule has 0 amide bonds. The zero-order chi connectivity index (χ0) is 37.3. The Labute approximate surface area is 324 Å². The van der Waals surface area contributed by atoms with Gasteiger partial charge in [0, 0.05) is 45.9 Å². The molecular weight excluding hydrogens is 669 g/mol. The summed E-state index contributed by atoms with van der Waals surface area (Å²) in [6.45, 7) is 4.69. The number of aromatic hydroxyl groups is 2. The predicted molar refractivity (Wildman–Crippen MR) is 227 cm³/mol. The molecule has 4 unspecified atom stereocenters. The van der Waals surface area contributed by atoms with Gasteiger partial charge in [0.1, 0.15) is 11.5 Å². The van der Waals surface area contributed by atoms with Crippen LogP contribution in [0, 0.1) is 0 Å². The van der Waals surface area contributed by atoms with Crippen LogP contribution in [0.5, 0.6) is 11.5 Å². The summed E-state index contributed by atoms with van der Waals surface area (Å²) in [6, 6.07) is 43.2. The van der Waals surface area contributed by atoms with Gasteiger partial charge in [0.05, 0.1) is 0 Å². The molecule has 55 heavy (non-hydrogen) atoms. The molecule has 4 aliphatic rings. The zero-order valence-corrected chi connectivity index (χ0v) is 31.3. The highest BCUT2D eigenvalue weighted by Gasteiger charge is 2.33. The lowest BCUT2D eigenvalue weighted by Gasteiger charge is -2.30. The summed E-state index contributed by atoms with van der Waals surface area (Å²) >= 11 is 0. The van der Waals surface area contributed by atoms with E-state index in [1.54, 1.807) is 0 Å². The third-order valence-corrected chi connectivity index (χ3v) is 12.8. The SMILES string of the molecule is CC(C)(CCc1cc(C2C=Cc3ccccc32)c(O)c(C2C=Cc3ccccc32)c1)c1cc(C2C=Cc3ccccc32)c(O)c(C2C=Cc3ccccc32)c1. The van der Waals surface area contributed by atoms with Gasteiger partial charge in [0.25, 0.3) is 0 Å². The van der Waals surface area contributed by atoms with Crippen molar-refractivity contribution >= 4 is 24.3 Å². The molecule has 4 aliphatic carbocycles. The number of fused-ring (bicyclic) bond motifs is 4. The van der Waals surface area contributed by atoms with Gasteiger partial charge in [-0.25, -0.2) is 0 Å². The number of aryl methyl sites for hydroxylation is 1. The van der Waals surface area contributed by atoms with E-state index in [2.05, 4.69) is 184 Å². The molecule has 268 valence electrons. The van der Waals surface area contributed by atoms with Gasteiger partial charge >= 0.3 is 0 Å². The van der Waals surface area contributed by atoms with Crippen molar-refractivity contribution in [2.75, 3.05) is 0 Å². The fourth-order valence-electron chi connectivity index (χ4n) is 9.59. The average molecular weight is 713 g/mol. The molecule has 0 heterocycles. The first-order valence-electron chi connectivity index (χ1n) is 19.7. The summed E-state index contributed by atoms with van der Waals surface area (Å²) in [6.07, 6.45) is 19.4. The summed E-state index contributed by atoms with van der Waals surface area (Å²) in [5.74, 6) is 0.741. The minimum atomic E-state index is -0.223. The second-order valence-electron chi connectivity index (χ2n) is 16.4. The van der Waals surface area contributed by atoms with Crippen LogP contribution in [-0.2, 0) is 11.8 Å². The van der Waals surface area contributed by atoms with Crippen LogP contribution >= 0.6 is 0 Å². The molecule has 10 rings (SSSR count). The molecule has 2 nitrogen and oxygen atoms in total. The van der Waals surface area contributed by atoms with Crippen molar-refractivity contribution in [2.24, 2.45) is 0 Å². The summed E-state index contributed by atoms with van der Waals surface area (Å²) in [7, 11) is 0. The molecule has 6 aromatic rings. The topological polar surface area (TPSA) is 40.5 Å². The highest BCUT2D eigenvalue weighted by molar-refractivity contribution is 5.72. The number of rotatable bonds is 8. The van der Waals surface area contributed by atoms with Crippen LogP contribution in [0.4, 0.5) is 0 Å². The Balaban J connectivity index is 1.05. The van der Waals surface area contributed by atoms with E-state index in [4.69, 9.17) is 0 Å². The Morgan fingerprint density at radius 3 is 1.07 bits per heavy atom. The van der Waals surface area contributed by atoms with E-state index in [1.807, 2.05) is 0 Å². The molecule has 0 radical (unpaired) electrons. The molecule has 0 spiro atoms. The molecule has 0 aliphatic heterocycles. The standard InChI is InChI=1S/C53H44O2/c1-53(2,38-31-49(45-25-21-36-13-5-9-17-41(36)45)52(55)50(32-38)46-26-22-37-14-6-10-18-42(37)46)28-27-33-29-47(43-23-19-34-11-3-7-15-39(34)43)51(54)48(30-33)44-24-20-35-12-4-8-16-40(35)44/h3-26,29-32,43-46,54-55H,27-28H2,1-2H3. The number of benzene rings is 6. The van der Waals surface area contributed by atoms with Crippen LogP contribution < -0.4 is 0 Å². The molecule has 0 saturated heterocycles. The summed E-state index contributed by atoms with van der Waals surface area (Å²) in [5.41, 5.74) is 15.9. The molecule has 0 saturated carbocycles. The van der Waals surface area contributed by atoms with E-state index in [-0.39, 0.29) is 29.1 Å². The quantitative estimate of drug-likeness (QED) is 0.165. The predicted octanol–water partition coefficient (Wildman–Crippen LogP) is 12.6. The minimum Gasteiger partial charge on any atom is -0.507 e. The smallest absolute Gasteiger partial charge is 0.123 e. The number of allylic oxidation sites excluding steroid dienone is 4. The second kappa shape index (κ2) is 13.0. The average Bonchev–Trinajstić information content (AvgIpc) is 4.03. The second-order valence-corrected chi connectivity index (χ2v) is 16.4. The van der Waals surface area contributed by atoms with E-state index >= 15 is 0 Å². The van der Waals surface area contributed by atoms with Crippen LogP contribution in [0.2, 0.25) is 0 Å². The van der Waals surface area contributed by atoms with Crippen LogP contribution in [-0.4, -0.2) is 10.2 Å². The fourth-order valence-corrected chi connectivity index (χ4v) is 9.59. The monoisotopic (exact) mass is 712 g/mol. The van der Waals surface area contributed by atoms with Crippen molar-refractivity contribution in [3.8, 4) is 11.5 Å². The summed E-state index contributed by atoms with van der Waals surface area (Å²) in [4.78, 5) is 0. The maximum Gasteiger partial charge on any atom is 0.123 e. The van der Waals surface area contributed by atoms with Crippen molar-refractivity contribution < 1.29 is 10.2 Å². The minimum absolute atomic E-state index is 0.00422. The number of hydrogen-bond donors (Lipinski definition) is 2. The molecule has 0 bridgehead atoms. The lowest BCUT2D eigenvalue weighted by molar-refractivity contribution is 0.451. The molecule has 4 atom stereocenters. The van der Waals surface area contributed by atoms with Gasteiger partial charge in [-0.05, 0) is 73.9 Å². The van der Waals surface area contributed by atoms with Gasteiger partial charge in [-0.3, -0.25) is 0 Å². The first-order chi connectivity index (χ1) is 26.8. The fraction of sp³-hybridized carbons (Fsp3) is 0.170. The highest BCUT2D eigenvalue weighted by atomic mass is 16.3. The molecule has 0 aromatic heterocycles. The normalized spacial score (nSPS) is 19.8. The van der Waals surface area contributed by atoms with Crippen molar-refractivity contribution in [2.45, 2.75) is 55.8 Å². The Morgan fingerprint density at radius 1 is 0.418 bits per heavy atom. The Bertz CT molecular complexity index is 2460. The van der Waals surface area contributed by atoms with E-state index < -0.39 is 0 Å². The van der Waals surface area contributed by atoms with Gasteiger partial charge < -0.3 is 10.2 Å². The molecule has 2 N–H and O–H groups in total. The van der Waals surface area contributed by atoms with Gasteiger partial charge in [-0.1, -0.05) is 184 Å². The Morgan fingerprint density at radius 2 is 0.727 bits per heavy atom. The maximum atomic E-state index is 12.2. The highest BCUT2D eigenvalue weighted by Crippen LogP contribution is 2.49. The Kier molecular flexibility index (Phi) is 7.92. The lowest BCUT2D eigenvalue weighted by atomic mass is 9.75.